The summed E-state index contributed by atoms with van der Waals surface area (Å²) in [7, 11) is -3.71. The Hall–Kier alpha value is -2.22. The van der Waals surface area contributed by atoms with E-state index in [-0.39, 0.29) is 5.92 Å². The second-order valence-electron chi connectivity index (χ2n) is 7.84. The normalized spacial score (nSPS) is 20.7. The van der Waals surface area contributed by atoms with Crippen molar-refractivity contribution in [2.75, 3.05) is 19.6 Å². The first kappa shape index (κ1) is 22.0. The van der Waals surface area contributed by atoms with Crippen LogP contribution < -0.4 is 0 Å². The Morgan fingerprint density at radius 1 is 1.06 bits per heavy atom. The van der Waals surface area contributed by atoms with Gasteiger partial charge in [-0.1, -0.05) is 67.4 Å². The van der Waals surface area contributed by atoms with Crippen molar-refractivity contribution in [3.05, 3.63) is 70.7 Å². The molecule has 1 unspecified atom stereocenters. The Bertz CT molecular complexity index is 1060. The molecule has 0 saturated carbocycles. The van der Waals surface area contributed by atoms with Crippen LogP contribution in [0.15, 0.2) is 64.1 Å². The lowest BCUT2D eigenvalue weighted by Gasteiger charge is -2.24. The minimum atomic E-state index is -3.71. The maximum absolute atomic E-state index is 12.9. The quantitative estimate of drug-likeness (QED) is 0.482. The van der Waals surface area contributed by atoms with Crippen LogP contribution in [0.1, 0.15) is 49.7 Å². The Morgan fingerprint density at radius 3 is 2.39 bits per heavy atom. The van der Waals surface area contributed by atoms with E-state index in [0.29, 0.717) is 36.9 Å². The van der Waals surface area contributed by atoms with Crippen LogP contribution in [-0.4, -0.2) is 48.9 Å². The SMILES string of the molecule is CCC(=NS(=O)(=O)N1CCCCC1)N1CC(c2ccccc2)C(c2ccc(Cl)cc2)=N1. The predicted molar refractivity (Wildman–Crippen MR) is 126 cm³/mol. The molecule has 0 amide bonds. The number of halogens is 1. The second kappa shape index (κ2) is 9.51. The molecule has 164 valence electrons. The van der Waals surface area contributed by atoms with E-state index < -0.39 is 10.2 Å². The van der Waals surface area contributed by atoms with Crippen LogP contribution in [-0.2, 0) is 10.2 Å². The molecule has 1 atom stereocenters. The van der Waals surface area contributed by atoms with E-state index in [1.54, 1.807) is 5.01 Å². The lowest BCUT2D eigenvalue weighted by atomic mass is 9.91. The molecule has 0 aliphatic carbocycles. The summed E-state index contributed by atoms with van der Waals surface area (Å²) in [5.41, 5.74) is 2.99. The van der Waals surface area contributed by atoms with E-state index in [1.165, 1.54) is 4.31 Å². The third kappa shape index (κ3) is 5.00. The molecule has 2 aromatic carbocycles. The van der Waals surface area contributed by atoms with E-state index in [0.717, 1.165) is 36.1 Å². The fourth-order valence-corrected chi connectivity index (χ4v) is 5.52. The second-order valence-corrected chi connectivity index (χ2v) is 9.87. The van der Waals surface area contributed by atoms with Gasteiger partial charge in [-0.05, 0) is 36.1 Å². The largest absolute Gasteiger partial charge is 0.324 e. The highest BCUT2D eigenvalue weighted by atomic mass is 35.5. The first-order valence-corrected chi connectivity index (χ1v) is 12.5. The number of hydrogen-bond acceptors (Lipinski definition) is 3. The zero-order chi connectivity index (χ0) is 21.8. The van der Waals surface area contributed by atoms with E-state index >= 15 is 0 Å². The van der Waals surface area contributed by atoms with Gasteiger partial charge in [-0.15, -0.1) is 4.40 Å². The smallest absolute Gasteiger partial charge is 0.249 e. The molecule has 1 saturated heterocycles. The van der Waals surface area contributed by atoms with Crippen molar-refractivity contribution in [1.82, 2.24) is 9.31 Å². The Balaban J connectivity index is 1.69. The number of rotatable bonds is 5. The molecule has 6 nitrogen and oxygen atoms in total. The molecule has 8 heteroatoms. The molecule has 0 radical (unpaired) electrons. The molecule has 2 aliphatic heterocycles. The molecule has 31 heavy (non-hydrogen) atoms. The molecule has 2 aliphatic rings. The van der Waals surface area contributed by atoms with Crippen LogP contribution in [0.3, 0.4) is 0 Å². The summed E-state index contributed by atoms with van der Waals surface area (Å²) in [6, 6.07) is 17.8. The minimum absolute atomic E-state index is 0.0109. The summed E-state index contributed by atoms with van der Waals surface area (Å²) in [5.74, 6) is 0.479. The third-order valence-electron chi connectivity index (χ3n) is 5.73. The molecule has 0 spiro atoms. The zero-order valence-electron chi connectivity index (χ0n) is 17.6. The topological polar surface area (TPSA) is 65.3 Å². The highest BCUT2D eigenvalue weighted by molar-refractivity contribution is 7.87. The van der Waals surface area contributed by atoms with Crippen molar-refractivity contribution in [3.8, 4) is 0 Å². The number of piperidine rings is 1. The molecular formula is C23H27ClN4O2S. The Kier molecular flexibility index (Phi) is 6.74. The van der Waals surface area contributed by atoms with E-state index in [4.69, 9.17) is 16.7 Å². The van der Waals surface area contributed by atoms with Crippen molar-refractivity contribution in [3.63, 3.8) is 0 Å². The van der Waals surface area contributed by atoms with Crippen molar-refractivity contribution in [2.24, 2.45) is 9.50 Å². The monoisotopic (exact) mass is 458 g/mol. The van der Waals surface area contributed by atoms with Gasteiger partial charge in [0, 0.05) is 30.5 Å². The fourth-order valence-electron chi connectivity index (χ4n) is 4.07. The number of benzene rings is 2. The van der Waals surface area contributed by atoms with Crippen molar-refractivity contribution in [1.29, 1.82) is 0 Å². The standard InChI is InChI=1S/C23H27ClN4O2S/c1-2-22(26-31(29,30)27-15-7-4-8-16-27)28-17-21(18-9-5-3-6-10-18)23(25-28)19-11-13-20(24)14-12-19/h3,5-6,9-14,21H,2,4,7-8,15-17H2,1H3. The fraction of sp³-hybridized carbons (Fsp3) is 0.391. The summed E-state index contributed by atoms with van der Waals surface area (Å²) in [6.07, 6.45) is 3.31. The van der Waals surface area contributed by atoms with Crippen LogP contribution in [0, 0.1) is 0 Å². The molecule has 2 heterocycles. The van der Waals surface area contributed by atoms with Crippen LogP contribution in [0.25, 0.3) is 0 Å². The third-order valence-corrected chi connectivity index (χ3v) is 7.44. The molecule has 2 aromatic rings. The van der Waals surface area contributed by atoms with Gasteiger partial charge in [0.2, 0.25) is 0 Å². The molecule has 0 aromatic heterocycles. The van der Waals surface area contributed by atoms with Gasteiger partial charge < -0.3 is 0 Å². The molecule has 1 fully saturated rings. The molecular weight excluding hydrogens is 432 g/mol. The molecule has 0 N–H and O–H groups in total. The van der Waals surface area contributed by atoms with Gasteiger partial charge in [-0.2, -0.15) is 17.8 Å². The van der Waals surface area contributed by atoms with Gasteiger partial charge in [-0.25, -0.2) is 5.01 Å². The lowest BCUT2D eigenvalue weighted by Crippen LogP contribution is -2.36. The summed E-state index contributed by atoms with van der Waals surface area (Å²) in [4.78, 5) is 0. The highest BCUT2D eigenvalue weighted by Gasteiger charge is 2.32. The predicted octanol–water partition coefficient (Wildman–Crippen LogP) is 4.68. The van der Waals surface area contributed by atoms with Gasteiger partial charge in [0.15, 0.2) is 0 Å². The molecule has 0 bridgehead atoms. The van der Waals surface area contributed by atoms with Crippen LogP contribution in [0.5, 0.6) is 0 Å². The average Bonchev–Trinajstić information content (AvgIpc) is 3.24. The van der Waals surface area contributed by atoms with Gasteiger partial charge in [0.25, 0.3) is 0 Å². The van der Waals surface area contributed by atoms with Gasteiger partial charge in [0.1, 0.15) is 5.84 Å². The minimum Gasteiger partial charge on any atom is -0.249 e. The van der Waals surface area contributed by atoms with E-state index in [9.17, 15) is 8.42 Å². The number of nitrogens with zero attached hydrogens (tertiary/aromatic N) is 4. The van der Waals surface area contributed by atoms with Gasteiger partial charge in [0.05, 0.1) is 12.3 Å². The van der Waals surface area contributed by atoms with Gasteiger partial charge in [-0.3, -0.25) is 0 Å². The number of amidine groups is 1. The highest BCUT2D eigenvalue weighted by Crippen LogP contribution is 2.30. The Labute approximate surface area is 189 Å². The molecule has 4 rings (SSSR count). The van der Waals surface area contributed by atoms with Crippen LogP contribution in [0.4, 0.5) is 0 Å². The maximum Gasteiger partial charge on any atom is 0.324 e. The maximum atomic E-state index is 12.9. The van der Waals surface area contributed by atoms with E-state index in [2.05, 4.69) is 16.5 Å². The number of hydrogen-bond donors (Lipinski definition) is 0. The number of hydrazone groups is 1. The van der Waals surface area contributed by atoms with E-state index in [1.807, 2.05) is 49.4 Å². The van der Waals surface area contributed by atoms with Gasteiger partial charge >= 0.3 is 10.2 Å². The Morgan fingerprint density at radius 2 is 1.74 bits per heavy atom. The zero-order valence-corrected chi connectivity index (χ0v) is 19.2. The summed E-state index contributed by atoms with van der Waals surface area (Å²) in [6.45, 7) is 3.53. The average molecular weight is 459 g/mol. The van der Waals surface area contributed by atoms with Crippen LogP contribution in [0.2, 0.25) is 5.02 Å². The van der Waals surface area contributed by atoms with Crippen molar-refractivity contribution >= 4 is 33.4 Å². The van der Waals surface area contributed by atoms with Crippen LogP contribution >= 0.6 is 11.6 Å². The first-order valence-electron chi connectivity index (χ1n) is 10.7. The summed E-state index contributed by atoms with van der Waals surface area (Å²) >= 11 is 6.08. The van der Waals surface area contributed by atoms with Crippen molar-refractivity contribution < 1.29 is 8.42 Å². The van der Waals surface area contributed by atoms with Crippen molar-refractivity contribution in [2.45, 2.75) is 38.5 Å². The summed E-state index contributed by atoms with van der Waals surface area (Å²) in [5, 5.41) is 7.26. The lowest BCUT2D eigenvalue weighted by molar-refractivity contribution is 0.346. The first-order chi connectivity index (χ1) is 15.0. The summed E-state index contributed by atoms with van der Waals surface area (Å²) < 4.78 is 31.5.